The minimum atomic E-state index is -3.87. The molecule has 0 aromatic heterocycles. The molecule has 1 aliphatic heterocycles. The van der Waals surface area contributed by atoms with Gasteiger partial charge in [-0.3, -0.25) is 13.9 Å². The Hall–Kier alpha value is -2.69. The highest BCUT2D eigenvalue weighted by Crippen LogP contribution is 2.35. The average molecular weight is 587 g/mol. The van der Waals surface area contributed by atoms with Crippen molar-refractivity contribution in [3.8, 4) is 11.5 Å². The normalized spacial score (nSPS) is 14.4. The number of nitrogens with zero attached hydrogens (tertiary/aromatic N) is 2. The number of sulfonamides is 1. The van der Waals surface area contributed by atoms with E-state index in [0.29, 0.717) is 46.7 Å². The molecule has 0 unspecified atom stereocenters. The lowest BCUT2D eigenvalue weighted by molar-refractivity contribution is -0.139. The molecule has 1 N–H and O–H groups in total. The number of carbonyl (C=O) groups excluding carboxylic acids is 2. The number of hydrogen-bond donors (Lipinski definition) is 1. The lowest BCUT2D eigenvalue weighted by Gasteiger charge is -2.32. The molecule has 38 heavy (non-hydrogen) atoms. The van der Waals surface area contributed by atoms with E-state index in [9.17, 15) is 18.0 Å². The Balaban J connectivity index is 1.96. The molecule has 0 radical (unpaired) electrons. The van der Waals surface area contributed by atoms with Crippen molar-refractivity contribution in [3.63, 3.8) is 0 Å². The van der Waals surface area contributed by atoms with Crippen LogP contribution in [-0.2, 0) is 26.2 Å². The molecule has 0 fully saturated rings. The van der Waals surface area contributed by atoms with Gasteiger partial charge in [0.15, 0.2) is 11.5 Å². The van der Waals surface area contributed by atoms with Crippen molar-refractivity contribution >= 4 is 50.7 Å². The molecule has 0 saturated heterocycles. The van der Waals surface area contributed by atoms with Crippen molar-refractivity contribution in [2.45, 2.75) is 52.7 Å². The predicted molar refractivity (Wildman–Crippen MR) is 149 cm³/mol. The molecule has 0 spiro atoms. The lowest BCUT2D eigenvalue weighted by atomic mass is 10.1. The Labute approximate surface area is 234 Å². The summed E-state index contributed by atoms with van der Waals surface area (Å²) in [5.74, 6) is -0.249. The van der Waals surface area contributed by atoms with E-state index in [-0.39, 0.29) is 29.9 Å². The second-order valence-corrected chi connectivity index (χ2v) is 12.0. The number of carbonyl (C=O) groups is 2. The molecular weight excluding hydrogens is 553 g/mol. The van der Waals surface area contributed by atoms with Crippen molar-refractivity contribution in [2.24, 2.45) is 0 Å². The quantitative estimate of drug-likeness (QED) is 0.422. The van der Waals surface area contributed by atoms with Crippen LogP contribution in [0, 0.1) is 0 Å². The molecule has 12 heteroatoms. The number of anilines is 1. The third-order valence-electron chi connectivity index (χ3n) is 6.30. The highest BCUT2D eigenvalue weighted by molar-refractivity contribution is 7.92. The summed E-state index contributed by atoms with van der Waals surface area (Å²) in [5.41, 5.74) is 0.899. The molecule has 2 amide bonds. The fraction of sp³-hybridized carbons (Fsp3) is 0.462. The van der Waals surface area contributed by atoms with Crippen molar-refractivity contribution in [3.05, 3.63) is 52.0 Å². The number of rotatable bonds is 11. The van der Waals surface area contributed by atoms with Crippen LogP contribution in [0.5, 0.6) is 11.5 Å². The average Bonchev–Trinajstić information content (AvgIpc) is 2.91. The highest BCUT2D eigenvalue weighted by atomic mass is 35.5. The summed E-state index contributed by atoms with van der Waals surface area (Å²) in [5, 5.41) is 3.55. The van der Waals surface area contributed by atoms with Crippen LogP contribution in [-0.4, -0.2) is 62.7 Å². The van der Waals surface area contributed by atoms with Gasteiger partial charge in [0.1, 0.15) is 25.8 Å². The predicted octanol–water partition coefficient (Wildman–Crippen LogP) is 4.25. The molecule has 2 aromatic rings. The zero-order valence-corrected chi connectivity index (χ0v) is 24.2. The van der Waals surface area contributed by atoms with E-state index in [1.807, 2.05) is 13.8 Å². The fourth-order valence-electron chi connectivity index (χ4n) is 3.79. The van der Waals surface area contributed by atoms with Crippen molar-refractivity contribution in [2.75, 3.05) is 29.8 Å². The van der Waals surface area contributed by atoms with Crippen molar-refractivity contribution in [1.29, 1.82) is 0 Å². The van der Waals surface area contributed by atoms with Gasteiger partial charge >= 0.3 is 0 Å². The van der Waals surface area contributed by atoms with Crippen molar-refractivity contribution < 1.29 is 27.5 Å². The standard InChI is InChI=1S/C26H33Cl2N3O6S/c1-5-17(3)29-26(33)18(4)30(15-19-7-9-21(27)22(28)13-19)25(32)16-31(38(34,35)6-2)20-8-10-23-24(14-20)37-12-11-36-23/h7-10,13-14,17-18H,5-6,11-12,15-16H2,1-4H3,(H,29,33)/t17-,18-/m1/s1. The SMILES string of the molecule is CC[C@@H](C)NC(=O)[C@@H](C)N(Cc1ccc(Cl)c(Cl)c1)C(=O)CN(c1ccc2c(c1)OCCO2)S(=O)(=O)CC. The Kier molecular flexibility index (Phi) is 10.1. The molecule has 0 bridgehead atoms. The molecule has 2 aromatic carbocycles. The maximum Gasteiger partial charge on any atom is 0.244 e. The Morgan fingerprint density at radius 2 is 1.68 bits per heavy atom. The minimum Gasteiger partial charge on any atom is -0.486 e. The van der Waals surface area contributed by atoms with E-state index < -0.39 is 28.5 Å². The number of amides is 2. The van der Waals surface area contributed by atoms with E-state index in [1.54, 1.807) is 37.3 Å². The van der Waals surface area contributed by atoms with Gasteiger partial charge in [0, 0.05) is 18.7 Å². The van der Waals surface area contributed by atoms with Crippen LogP contribution in [0.15, 0.2) is 36.4 Å². The third-order valence-corrected chi connectivity index (χ3v) is 8.78. The van der Waals surface area contributed by atoms with Gasteiger partial charge in [0.25, 0.3) is 0 Å². The maximum absolute atomic E-state index is 13.8. The first-order valence-corrected chi connectivity index (χ1v) is 14.8. The summed E-state index contributed by atoms with van der Waals surface area (Å²) < 4.78 is 38.4. The number of fused-ring (bicyclic) bond motifs is 1. The molecule has 2 atom stereocenters. The number of nitrogens with one attached hydrogen (secondary N) is 1. The van der Waals surface area contributed by atoms with Crippen LogP contribution >= 0.6 is 23.2 Å². The number of hydrogen-bond acceptors (Lipinski definition) is 6. The summed E-state index contributed by atoms with van der Waals surface area (Å²) in [6, 6.07) is 8.66. The van der Waals surface area contributed by atoms with Gasteiger partial charge in [-0.15, -0.1) is 0 Å². The third kappa shape index (κ3) is 7.24. The molecule has 9 nitrogen and oxygen atoms in total. The summed E-state index contributed by atoms with van der Waals surface area (Å²) in [6.45, 7) is 7.14. The van der Waals surface area contributed by atoms with E-state index in [2.05, 4.69) is 5.32 Å². The van der Waals surface area contributed by atoms with Gasteiger partial charge in [-0.2, -0.15) is 0 Å². The zero-order valence-electron chi connectivity index (χ0n) is 21.9. The van der Waals surface area contributed by atoms with E-state index >= 15 is 0 Å². The van der Waals surface area contributed by atoms with Gasteiger partial charge in [-0.1, -0.05) is 36.2 Å². The topological polar surface area (TPSA) is 105 Å². The molecule has 0 saturated carbocycles. The van der Waals surface area contributed by atoms with Crippen molar-refractivity contribution in [1.82, 2.24) is 10.2 Å². The molecule has 0 aliphatic carbocycles. The number of ether oxygens (including phenoxy) is 2. The van der Waals surface area contributed by atoms with Crippen LogP contribution in [0.1, 0.15) is 39.7 Å². The highest BCUT2D eigenvalue weighted by Gasteiger charge is 2.32. The molecule has 208 valence electrons. The largest absolute Gasteiger partial charge is 0.486 e. The second kappa shape index (κ2) is 12.9. The smallest absolute Gasteiger partial charge is 0.244 e. The summed E-state index contributed by atoms with van der Waals surface area (Å²) in [7, 11) is -3.87. The Morgan fingerprint density at radius 3 is 2.32 bits per heavy atom. The summed E-state index contributed by atoms with van der Waals surface area (Å²) in [6.07, 6.45) is 0.714. The van der Waals surface area contributed by atoms with Crippen LogP contribution < -0.4 is 19.1 Å². The summed E-state index contributed by atoms with van der Waals surface area (Å²) in [4.78, 5) is 28.1. The van der Waals surface area contributed by atoms with Crippen LogP contribution in [0.3, 0.4) is 0 Å². The first-order chi connectivity index (χ1) is 18.0. The summed E-state index contributed by atoms with van der Waals surface area (Å²) >= 11 is 12.2. The lowest BCUT2D eigenvalue weighted by Crippen LogP contribution is -2.52. The molecular formula is C26H33Cl2N3O6S. The zero-order chi connectivity index (χ0) is 28.0. The fourth-order valence-corrected chi connectivity index (χ4v) is 5.16. The van der Waals surface area contributed by atoms with Gasteiger partial charge in [0.2, 0.25) is 21.8 Å². The molecule has 1 heterocycles. The Bertz CT molecular complexity index is 1270. The van der Waals surface area contributed by atoms with Gasteiger partial charge in [-0.05, 0) is 57.0 Å². The van der Waals surface area contributed by atoms with E-state index in [1.165, 1.54) is 17.9 Å². The first-order valence-electron chi connectivity index (χ1n) is 12.4. The van der Waals surface area contributed by atoms with Gasteiger partial charge in [0.05, 0.1) is 21.5 Å². The molecule has 1 aliphatic rings. The van der Waals surface area contributed by atoms with E-state index in [0.717, 1.165) is 4.31 Å². The van der Waals surface area contributed by atoms with Crippen LogP contribution in [0.2, 0.25) is 10.0 Å². The number of halogens is 2. The minimum absolute atomic E-state index is 0.0198. The van der Waals surface area contributed by atoms with Gasteiger partial charge in [-0.25, -0.2) is 8.42 Å². The Morgan fingerprint density at radius 1 is 1.00 bits per heavy atom. The van der Waals surface area contributed by atoms with Crippen LogP contribution in [0.4, 0.5) is 5.69 Å². The van der Waals surface area contributed by atoms with Gasteiger partial charge < -0.3 is 19.7 Å². The molecule has 3 rings (SSSR count). The number of benzene rings is 2. The van der Waals surface area contributed by atoms with E-state index in [4.69, 9.17) is 32.7 Å². The van der Waals surface area contributed by atoms with Crippen LogP contribution in [0.25, 0.3) is 0 Å². The monoisotopic (exact) mass is 585 g/mol. The maximum atomic E-state index is 13.8. The first kappa shape index (κ1) is 29.9. The second-order valence-electron chi connectivity index (χ2n) is 9.00.